The molecule has 2 nitrogen and oxygen atoms in total. The number of thiophene rings is 1. The topological polar surface area (TPSA) is 38.0 Å². The maximum atomic E-state index is 5.79. The van der Waals surface area contributed by atoms with E-state index in [4.69, 9.17) is 5.84 Å². The van der Waals surface area contributed by atoms with E-state index in [2.05, 4.69) is 42.7 Å². The molecule has 0 spiro atoms. The molecule has 0 fully saturated rings. The molecule has 0 saturated carbocycles. The average molecular weight is 272 g/mol. The van der Waals surface area contributed by atoms with Crippen molar-refractivity contribution < 1.29 is 0 Å². The summed E-state index contributed by atoms with van der Waals surface area (Å²) in [5.74, 6) is 5.79. The average Bonchev–Trinajstić information content (AvgIpc) is 3.07. The number of rotatable bonds is 4. The second-order valence-corrected chi connectivity index (χ2v) is 6.34. The molecule has 0 bridgehead atoms. The summed E-state index contributed by atoms with van der Waals surface area (Å²) in [4.78, 5) is 2.72. The molecule has 1 aromatic heterocycles. The highest BCUT2D eigenvalue weighted by Gasteiger charge is 2.18. The largest absolute Gasteiger partial charge is 0.271 e. The van der Waals surface area contributed by atoms with Gasteiger partial charge in [0.05, 0.1) is 6.04 Å². The first-order valence-electron chi connectivity index (χ1n) is 6.98. The van der Waals surface area contributed by atoms with Crippen LogP contribution in [-0.2, 0) is 19.3 Å². The first-order chi connectivity index (χ1) is 9.31. The van der Waals surface area contributed by atoms with E-state index in [0.29, 0.717) is 0 Å². The third-order valence-corrected chi connectivity index (χ3v) is 5.23. The second-order valence-electron chi connectivity index (χ2n) is 5.14. The van der Waals surface area contributed by atoms with Gasteiger partial charge in [-0.05, 0) is 54.5 Å². The zero-order chi connectivity index (χ0) is 13.2. The first kappa shape index (κ1) is 12.9. The molecule has 1 aliphatic rings. The standard InChI is InChI=1S/C16H20N2S/c1-2-14-8-9-15(19-14)16(18-17)13-7-6-11-4-3-5-12(11)10-13/h6-10,16,18H,2-5,17H2,1H3. The van der Waals surface area contributed by atoms with Crippen molar-refractivity contribution in [3.63, 3.8) is 0 Å². The van der Waals surface area contributed by atoms with Gasteiger partial charge >= 0.3 is 0 Å². The van der Waals surface area contributed by atoms with Gasteiger partial charge in [-0.25, -0.2) is 5.43 Å². The van der Waals surface area contributed by atoms with Crippen LogP contribution in [0.4, 0.5) is 0 Å². The summed E-state index contributed by atoms with van der Waals surface area (Å²) in [6.45, 7) is 2.19. The van der Waals surface area contributed by atoms with Gasteiger partial charge in [-0.2, -0.15) is 0 Å². The van der Waals surface area contributed by atoms with Crippen LogP contribution in [0.3, 0.4) is 0 Å². The van der Waals surface area contributed by atoms with E-state index in [9.17, 15) is 0 Å². The molecular weight excluding hydrogens is 252 g/mol. The summed E-state index contributed by atoms with van der Waals surface area (Å²) in [7, 11) is 0. The van der Waals surface area contributed by atoms with Crippen LogP contribution in [0.5, 0.6) is 0 Å². The first-order valence-corrected chi connectivity index (χ1v) is 7.80. The maximum absolute atomic E-state index is 5.79. The lowest BCUT2D eigenvalue weighted by Gasteiger charge is -2.16. The molecule has 2 aromatic rings. The van der Waals surface area contributed by atoms with E-state index >= 15 is 0 Å². The van der Waals surface area contributed by atoms with Gasteiger partial charge in [0.25, 0.3) is 0 Å². The quantitative estimate of drug-likeness (QED) is 0.661. The van der Waals surface area contributed by atoms with Crippen molar-refractivity contribution in [2.75, 3.05) is 0 Å². The minimum atomic E-state index is 0.121. The van der Waals surface area contributed by atoms with E-state index in [-0.39, 0.29) is 6.04 Å². The molecule has 19 heavy (non-hydrogen) atoms. The molecule has 0 amide bonds. The molecule has 0 radical (unpaired) electrons. The summed E-state index contributed by atoms with van der Waals surface area (Å²) in [6.07, 6.45) is 4.82. The van der Waals surface area contributed by atoms with Crippen molar-refractivity contribution in [1.82, 2.24) is 5.43 Å². The molecule has 1 aromatic carbocycles. The Kier molecular flexibility index (Phi) is 3.69. The normalized spacial score (nSPS) is 15.5. The zero-order valence-electron chi connectivity index (χ0n) is 11.3. The fraction of sp³-hybridized carbons (Fsp3) is 0.375. The van der Waals surface area contributed by atoms with Crippen molar-refractivity contribution in [3.05, 3.63) is 56.8 Å². The summed E-state index contributed by atoms with van der Waals surface area (Å²) in [6, 6.07) is 11.4. The Morgan fingerprint density at radius 3 is 2.79 bits per heavy atom. The van der Waals surface area contributed by atoms with Crippen molar-refractivity contribution in [1.29, 1.82) is 0 Å². The molecule has 100 valence electrons. The van der Waals surface area contributed by atoms with Gasteiger partial charge in [0.1, 0.15) is 0 Å². The van der Waals surface area contributed by atoms with E-state index in [0.717, 1.165) is 6.42 Å². The minimum absolute atomic E-state index is 0.121. The van der Waals surface area contributed by atoms with Crippen LogP contribution in [0.25, 0.3) is 0 Å². The number of hydrazine groups is 1. The highest BCUT2D eigenvalue weighted by Crippen LogP contribution is 2.31. The van der Waals surface area contributed by atoms with Gasteiger partial charge in [-0.3, -0.25) is 5.84 Å². The molecule has 3 heteroatoms. The number of nitrogens with two attached hydrogens (primary N) is 1. The van der Waals surface area contributed by atoms with E-state index in [1.54, 1.807) is 0 Å². The van der Waals surface area contributed by atoms with Crippen LogP contribution in [0, 0.1) is 0 Å². The van der Waals surface area contributed by atoms with Gasteiger partial charge in [-0.1, -0.05) is 25.1 Å². The zero-order valence-corrected chi connectivity index (χ0v) is 12.1. The van der Waals surface area contributed by atoms with E-state index in [1.165, 1.54) is 45.7 Å². The Hall–Kier alpha value is -1.16. The van der Waals surface area contributed by atoms with Gasteiger partial charge in [0.2, 0.25) is 0 Å². The van der Waals surface area contributed by atoms with E-state index < -0.39 is 0 Å². The molecule has 1 unspecified atom stereocenters. The SMILES string of the molecule is CCc1ccc(C(NN)c2ccc3c(c2)CCC3)s1. The van der Waals surface area contributed by atoms with E-state index in [1.807, 2.05) is 11.3 Å². The number of aryl methyl sites for hydroxylation is 3. The van der Waals surface area contributed by atoms with Crippen molar-refractivity contribution in [2.45, 2.75) is 38.6 Å². The molecule has 0 saturated heterocycles. The summed E-state index contributed by atoms with van der Waals surface area (Å²) < 4.78 is 0. The maximum Gasteiger partial charge on any atom is 0.0802 e. The van der Waals surface area contributed by atoms with Crippen LogP contribution in [0.15, 0.2) is 30.3 Å². The summed E-state index contributed by atoms with van der Waals surface area (Å²) in [5, 5.41) is 0. The molecule has 1 aliphatic carbocycles. The van der Waals surface area contributed by atoms with Crippen LogP contribution in [0.2, 0.25) is 0 Å². The lowest BCUT2D eigenvalue weighted by atomic mass is 10.0. The Balaban J connectivity index is 1.93. The Morgan fingerprint density at radius 1 is 1.21 bits per heavy atom. The lowest BCUT2D eigenvalue weighted by Crippen LogP contribution is -2.28. The molecule has 1 atom stereocenters. The minimum Gasteiger partial charge on any atom is -0.271 e. The smallest absolute Gasteiger partial charge is 0.0802 e. The Bertz CT molecular complexity index is 574. The molecule has 3 rings (SSSR count). The summed E-state index contributed by atoms with van der Waals surface area (Å²) >= 11 is 1.85. The number of benzene rings is 1. The van der Waals surface area contributed by atoms with Crippen molar-refractivity contribution >= 4 is 11.3 Å². The molecule has 0 aliphatic heterocycles. The van der Waals surface area contributed by atoms with Crippen molar-refractivity contribution in [3.8, 4) is 0 Å². The van der Waals surface area contributed by atoms with Crippen LogP contribution in [-0.4, -0.2) is 0 Å². The monoisotopic (exact) mass is 272 g/mol. The van der Waals surface area contributed by atoms with Crippen molar-refractivity contribution in [2.24, 2.45) is 5.84 Å². The Morgan fingerprint density at radius 2 is 2.05 bits per heavy atom. The molecule has 3 N–H and O–H groups in total. The lowest BCUT2D eigenvalue weighted by molar-refractivity contribution is 0.646. The van der Waals surface area contributed by atoms with Gasteiger partial charge in [0.15, 0.2) is 0 Å². The third-order valence-electron chi connectivity index (χ3n) is 3.94. The Labute approximate surface area is 118 Å². The predicted octanol–water partition coefficient (Wildman–Crippen LogP) is 3.35. The molecular formula is C16H20N2S. The number of hydrogen-bond donors (Lipinski definition) is 2. The highest BCUT2D eigenvalue weighted by atomic mass is 32.1. The van der Waals surface area contributed by atoms with Gasteiger partial charge in [0, 0.05) is 9.75 Å². The number of fused-ring (bicyclic) bond motifs is 1. The summed E-state index contributed by atoms with van der Waals surface area (Å²) in [5.41, 5.74) is 7.28. The second kappa shape index (κ2) is 5.45. The fourth-order valence-electron chi connectivity index (χ4n) is 2.85. The number of nitrogens with one attached hydrogen (secondary N) is 1. The van der Waals surface area contributed by atoms with Crippen LogP contribution < -0.4 is 11.3 Å². The third kappa shape index (κ3) is 2.46. The highest BCUT2D eigenvalue weighted by molar-refractivity contribution is 7.12. The van der Waals surface area contributed by atoms with Crippen LogP contribution >= 0.6 is 11.3 Å². The number of hydrogen-bond acceptors (Lipinski definition) is 3. The van der Waals surface area contributed by atoms with Crippen LogP contribution in [0.1, 0.15) is 45.8 Å². The fourth-order valence-corrected chi connectivity index (χ4v) is 3.89. The van der Waals surface area contributed by atoms with Gasteiger partial charge in [-0.15, -0.1) is 11.3 Å². The predicted molar refractivity (Wildman–Crippen MR) is 81.3 cm³/mol. The van der Waals surface area contributed by atoms with Gasteiger partial charge < -0.3 is 0 Å². The molecule has 1 heterocycles.